The van der Waals surface area contributed by atoms with Gasteiger partial charge < -0.3 is 10.1 Å². The van der Waals surface area contributed by atoms with Gasteiger partial charge in [0.05, 0.1) is 5.02 Å². The summed E-state index contributed by atoms with van der Waals surface area (Å²) in [6, 6.07) is 7.15. The third-order valence-electron chi connectivity index (χ3n) is 2.70. The Morgan fingerprint density at radius 1 is 1.35 bits per heavy atom. The zero-order valence-corrected chi connectivity index (χ0v) is 11.6. The van der Waals surface area contributed by atoms with E-state index in [1.165, 1.54) is 10.6 Å². The molecule has 0 aromatic carbocycles. The van der Waals surface area contributed by atoms with Gasteiger partial charge in [-0.3, -0.25) is 0 Å². The van der Waals surface area contributed by atoms with Gasteiger partial charge in [0.15, 0.2) is 5.69 Å². The highest BCUT2D eigenvalue weighted by molar-refractivity contribution is 7.10. The van der Waals surface area contributed by atoms with Crippen LogP contribution in [0.15, 0.2) is 35.8 Å². The first-order valence-electron chi connectivity index (χ1n) is 5.69. The second-order valence-corrected chi connectivity index (χ2v) is 5.42. The highest BCUT2D eigenvalue weighted by Crippen LogP contribution is 2.25. The van der Waals surface area contributed by atoms with Crippen molar-refractivity contribution in [1.29, 1.82) is 0 Å². The number of hydrogen-bond acceptors (Lipinski definition) is 4. The van der Waals surface area contributed by atoms with Gasteiger partial charge in [-0.1, -0.05) is 17.7 Å². The molecule has 0 N–H and O–H groups in total. The van der Waals surface area contributed by atoms with Gasteiger partial charge in [-0.2, -0.15) is 4.40 Å². The molecular formula is C13H8ClN3O2S. The SMILES string of the molecule is O=[N+]([O-])c1c(C=Cc2cccs2)nc2ccc(Cl)cn12. The number of aromatic nitrogens is 2. The van der Waals surface area contributed by atoms with Crippen molar-refractivity contribution in [3.8, 4) is 0 Å². The Labute approximate surface area is 122 Å². The molecule has 0 atom stereocenters. The summed E-state index contributed by atoms with van der Waals surface area (Å²) in [6.07, 6.45) is 4.94. The standard InChI is InChI=1S/C13H8ClN3O2S/c14-9-3-6-12-15-11(5-4-10-2-1-7-20-10)13(17(18)19)16(12)8-9/h1-8H. The maximum atomic E-state index is 11.2. The fraction of sp³-hybridized carbons (Fsp3) is 0. The molecule has 7 heteroatoms. The van der Waals surface area contributed by atoms with Gasteiger partial charge in [0.2, 0.25) is 5.65 Å². The van der Waals surface area contributed by atoms with Gasteiger partial charge in [-0.05, 0) is 34.6 Å². The van der Waals surface area contributed by atoms with Crippen molar-refractivity contribution in [3.05, 3.63) is 61.6 Å². The lowest BCUT2D eigenvalue weighted by atomic mass is 10.3. The molecule has 3 aromatic heterocycles. The summed E-state index contributed by atoms with van der Waals surface area (Å²) in [7, 11) is 0. The molecule has 0 aliphatic rings. The second-order valence-electron chi connectivity index (χ2n) is 4.00. The lowest BCUT2D eigenvalue weighted by molar-refractivity contribution is -0.390. The Hall–Kier alpha value is -2.18. The molecule has 20 heavy (non-hydrogen) atoms. The summed E-state index contributed by atoms with van der Waals surface area (Å²) >= 11 is 7.43. The van der Waals surface area contributed by atoms with Crippen molar-refractivity contribution in [2.45, 2.75) is 0 Å². The topological polar surface area (TPSA) is 60.4 Å². The van der Waals surface area contributed by atoms with Crippen LogP contribution in [-0.4, -0.2) is 14.3 Å². The predicted octanol–water partition coefficient (Wildman–Crippen LogP) is 4.13. The van der Waals surface area contributed by atoms with Gasteiger partial charge in [-0.15, -0.1) is 11.3 Å². The van der Waals surface area contributed by atoms with E-state index in [0.29, 0.717) is 16.4 Å². The summed E-state index contributed by atoms with van der Waals surface area (Å²) in [5.74, 6) is -0.0877. The van der Waals surface area contributed by atoms with Crippen LogP contribution < -0.4 is 0 Å². The lowest BCUT2D eigenvalue weighted by Crippen LogP contribution is -1.95. The number of nitrogens with zero attached hydrogens (tertiary/aromatic N) is 3. The Balaban J connectivity index is 2.15. The molecule has 100 valence electrons. The molecule has 0 aliphatic carbocycles. The van der Waals surface area contributed by atoms with Crippen LogP contribution in [0, 0.1) is 10.1 Å². The average Bonchev–Trinajstić information content (AvgIpc) is 3.02. The summed E-state index contributed by atoms with van der Waals surface area (Å²) < 4.78 is 1.39. The molecule has 5 nitrogen and oxygen atoms in total. The van der Waals surface area contributed by atoms with Crippen LogP contribution >= 0.6 is 22.9 Å². The van der Waals surface area contributed by atoms with Crippen molar-refractivity contribution in [2.75, 3.05) is 0 Å². The van der Waals surface area contributed by atoms with E-state index in [0.717, 1.165) is 4.88 Å². The minimum atomic E-state index is -0.454. The minimum absolute atomic E-state index is 0.0877. The molecule has 0 bridgehead atoms. The number of halogens is 1. The maximum Gasteiger partial charge on any atom is 0.355 e. The van der Waals surface area contributed by atoms with Gasteiger partial charge in [-0.25, -0.2) is 4.98 Å². The molecule has 3 rings (SSSR count). The number of fused-ring (bicyclic) bond motifs is 1. The molecule has 0 spiro atoms. The first-order valence-corrected chi connectivity index (χ1v) is 6.94. The summed E-state index contributed by atoms with van der Waals surface area (Å²) in [5.41, 5.74) is 0.803. The van der Waals surface area contributed by atoms with Crippen LogP contribution in [0.2, 0.25) is 5.02 Å². The smallest absolute Gasteiger partial charge is 0.355 e. The van der Waals surface area contributed by atoms with E-state index < -0.39 is 4.92 Å². The van der Waals surface area contributed by atoms with E-state index in [9.17, 15) is 10.1 Å². The van der Waals surface area contributed by atoms with E-state index in [1.54, 1.807) is 35.6 Å². The van der Waals surface area contributed by atoms with Crippen molar-refractivity contribution < 1.29 is 4.92 Å². The third kappa shape index (κ3) is 2.31. The van der Waals surface area contributed by atoms with Gasteiger partial charge in [0.1, 0.15) is 6.20 Å². The Morgan fingerprint density at radius 3 is 2.90 bits per heavy atom. The zero-order chi connectivity index (χ0) is 14.1. The molecule has 0 aliphatic heterocycles. The van der Waals surface area contributed by atoms with Crippen molar-refractivity contribution in [2.24, 2.45) is 0 Å². The molecule has 0 amide bonds. The number of thiophene rings is 1. The van der Waals surface area contributed by atoms with E-state index in [4.69, 9.17) is 11.6 Å². The molecular weight excluding hydrogens is 298 g/mol. The van der Waals surface area contributed by atoms with Gasteiger partial charge in [0.25, 0.3) is 0 Å². The Kier molecular flexibility index (Phi) is 3.25. The quantitative estimate of drug-likeness (QED) is 0.540. The molecule has 0 radical (unpaired) electrons. The maximum absolute atomic E-state index is 11.2. The lowest BCUT2D eigenvalue weighted by Gasteiger charge is -1.94. The first kappa shape index (κ1) is 12.8. The van der Waals surface area contributed by atoms with Crippen LogP contribution in [0.5, 0.6) is 0 Å². The fourth-order valence-corrected chi connectivity index (χ4v) is 2.64. The zero-order valence-electron chi connectivity index (χ0n) is 10.1. The normalized spacial score (nSPS) is 11.4. The molecule has 0 fully saturated rings. The third-order valence-corrected chi connectivity index (χ3v) is 3.77. The van der Waals surface area contributed by atoms with Crippen LogP contribution in [0.1, 0.15) is 10.6 Å². The summed E-state index contributed by atoms with van der Waals surface area (Å²) in [6.45, 7) is 0. The van der Waals surface area contributed by atoms with Gasteiger partial charge >= 0.3 is 5.82 Å². The number of nitro groups is 1. The monoisotopic (exact) mass is 305 g/mol. The van der Waals surface area contributed by atoms with Crippen molar-refractivity contribution in [3.63, 3.8) is 0 Å². The summed E-state index contributed by atoms with van der Waals surface area (Å²) in [5, 5.41) is 13.6. The fourth-order valence-electron chi connectivity index (χ4n) is 1.87. The number of imidazole rings is 1. The van der Waals surface area contributed by atoms with E-state index >= 15 is 0 Å². The van der Waals surface area contributed by atoms with Crippen molar-refractivity contribution >= 4 is 46.6 Å². The van der Waals surface area contributed by atoms with E-state index in [2.05, 4.69) is 4.98 Å². The van der Waals surface area contributed by atoms with Crippen molar-refractivity contribution in [1.82, 2.24) is 9.38 Å². The van der Waals surface area contributed by atoms with Crippen LogP contribution in [0.4, 0.5) is 5.82 Å². The van der Waals surface area contributed by atoms with Crippen LogP contribution in [-0.2, 0) is 0 Å². The molecule has 3 aromatic rings. The highest BCUT2D eigenvalue weighted by atomic mass is 35.5. The largest absolute Gasteiger partial charge is 0.358 e. The first-order chi connectivity index (χ1) is 9.65. The second kappa shape index (κ2) is 5.07. The van der Waals surface area contributed by atoms with Crippen LogP contribution in [0.25, 0.3) is 17.8 Å². The summed E-state index contributed by atoms with van der Waals surface area (Å²) in [4.78, 5) is 16.0. The molecule has 0 saturated heterocycles. The predicted molar refractivity (Wildman–Crippen MR) is 80.1 cm³/mol. The molecule has 0 unspecified atom stereocenters. The Morgan fingerprint density at radius 2 is 2.20 bits per heavy atom. The number of rotatable bonds is 3. The van der Waals surface area contributed by atoms with E-state index in [-0.39, 0.29) is 5.82 Å². The van der Waals surface area contributed by atoms with E-state index in [1.807, 2.05) is 17.5 Å². The average molecular weight is 306 g/mol. The number of hydrogen-bond donors (Lipinski definition) is 0. The van der Waals surface area contributed by atoms with Crippen LogP contribution in [0.3, 0.4) is 0 Å². The highest BCUT2D eigenvalue weighted by Gasteiger charge is 2.20. The Bertz CT molecular complexity index is 809. The minimum Gasteiger partial charge on any atom is -0.358 e. The van der Waals surface area contributed by atoms with Gasteiger partial charge in [0, 0.05) is 10.9 Å². The molecule has 0 saturated carbocycles. The number of pyridine rings is 1. The molecule has 3 heterocycles.